The lowest BCUT2D eigenvalue weighted by Gasteiger charge is -1.95. The zero-order chi connectivity index (χ0) is 10.7. The van der Waals surface area contributed by atoms with Gasteiger partial charge < -0.3 is 5.32 Å². The Morgan fingerprint density at radius 2 is 2.07 bits per heavy atom. The van der Waals surface area contributed by atoms with Crippen LogP contribution in [0.15, 0.2) is 43.1 Å². The van der Waals surface area contributed by atoms with Gasteiger partial charge in [-0.3, -0.25) is 5.10 Å². The molecule has 2 N–H and O–H groups in total. The predicted molar refractivity (Wildman–Crippen MR) is 62.9 cm³/mol. The summed E-state index contributed by atoms with van der Waals surface area (Å²) in [6.07, 6.45) is 1.59. The van der Waals surface area contributed by atoms with Crippen molar-refractivity contribution in [3.05, 3.63) is 48.1 Å². The molecule has 0 fully saturated rings. The molecule has 2 rings (SSSR count). The highest BCUT2D eigenvalue weighted by atomic mass is 35.5. The Morgan fingerprint density at radius 1 is 1.33 bits per heavy atom. The van der Waals surface area contributed by atoms with E-state index in [1.807, 2.05) is 30.3 Å². The van der Waals surface area contributed by atoms with Gasteiger partial charge in [0.25, 0.3) is 0 Å². The molecule has 0 radical (unpaired) electrons. The van der Waals surface area contributed by atoms with Crippen LogP contribution in [0, 0.1) is 0 Å². The standard InChI is InChI=1S/C11H10ClN3/c1-2-13-11-7-10(14-15-11)8-3-5-9(12)6-4-8/h2-7H,1H2,(H2,13,14,15). The number of hydrogen-bond donors (Lipinski definition) is 2. The van der Waals surface area contributed by atoms with Crippen LogP contribution >= 0.6 is 11.6 Å². The van der Waals surface area contributed by atoms with E-state index in [9.17, 15) is 0 Å². The first kappa shape index (κ1) is 9.80. The average Bonchev–Trinajstić information content (AvgIpc) is 2.68. The lowest BCUT2D eigenvalue weighted by molar-refractivity contribution is 1.10. The molecule has 0 bridgehead atoms. The summed E-state index contributed by atoms with van der Waals surface area (Å²) in [7, 11) is 0. The second-order valence-electron chi connectivity index (χ2n) is 3.02. The zero-order valence-electron chi connectivity index (χ0n) is 8.00. The van der Waals surface area contributed by atoms with E-state index < -0.39 is 0 Å². The molecular weight excluding hydrogens is 210 g/mol. The van der Waals surface area contributed by atoms with Gasteiger partial charge in [0, 0.05) is 11.1 Å². The second-order valence-corrected chi connectivity index (χ2v) is 3.46. The molecule has 0 amide bonds. The molecule has 0 saturated carbocycles. The Kier molecular flexibility index (Phi) is 2.74. The number of nitrogens with zero attached hydrogens (tertiary/aromatic N) is 1. The van der Waals surface area contributed by atoms with E-state index >= 15 is 0 Å². The fraction of sp³-hybridized carbons (Fsp3) is 0. The molecule has 0 aliphatic rings. The van der Waals surface area contributed by atoms with E-state index in [0.717, 1.165) is 22.1 Å². The van der Waals surface area contributed by atoms with Crippen LogP contribution in [0.1, 0.15) is 0 Å². The Balaban J connectivity index is 2.28. The normalized spacial score (nSPS) is 9.93. The summed E-state index contributed by atoms with van der Waals surface area (Å²) in [5.74, 6) is 0.745. The largest absolute Gasteiger partial charge is 0.346 e. The van der Waals surface area contributed by atoms with E-state index in [4.69, 9.17) is 11.6 Å². The molecule has 15 heavy (non-hydrogen) atoms. The molecule has 1 aromatic heterocycles. The van der Waals surface area contributed by atoms with Crippen LogP contribution in [0.2, 0.25) is 5.02 Å². The quantitative estimate of drug-likeness (QED) is 0.832. The monoisotopic (exact) mass is 219 g/mol. The highest BCUT2D eigenvalue weighted by Crippen LogP contribution is 2.21. The van der Waals surface area contributed by atoms with Crippen molar-refractivity contribution in [1.82, 2.24) is 10.2 Å². The van der Waals surface area contributed by atoms with Gasteiger partial charge >= 0.3 is 0 Å². The van der Waals surface area contributed by atoms with E-state index in [2.05, 4.69) is 22.1 Å². The summed E-state index contributed by atoms with van der Waals surface area (Å²) in [5.41, 5.74) is 1.99. The number of nitrogens with one attached hydrogen (secondary N) is 2. The SMILES string of the molecule is C=CNc1cc(-c2ccc(Cl)cc2)[nH]n1. The van der Waals surface area contributed by atoms with Gasteiger partial charge in [-0.2, -0.15) is 5.10 Å². The first-order chi connectivity index (χ1) is 7.29. The van der Waals surface area contributed by atoms with Crippen molar-refractivity contribution in [2.75, 3.05) is 5.32 Å². The van der Waals surface area contributed by atoms with E-state index in [-0.39, 0.29) is 0 Å². The van der Waals surface area contributed by atoms with Crippen LogP contribution in [0.25, 0.3) is 11.3 Å². The molecule has 0 aliphatic heterocycles. The molecule has 0 spiro atoms. The number of hydrogen-bond acceptors (Lipinski definition) is 2. The van der Waals surface area contributed by atoms with E-state index in [1.54, 1.807) is 6.20 Å². The Morgan fingerprint density at radius 3 is 2.73 bits per heavy atom. The molecule has 1 aromatic carbocycles. The van der Waals surface area contributed by atoms with Gasteiger partial charge in [0.05, 0.1) is 5.69 Å². The number of aromatic nitrogens is 2. The second kappa shape index (κ2) is 4.19. The van der Waals surface area contributed by atoms with Crippen LogP contribution < -0.4 is 5.32 Å². The summed E-state index contributed by atoms with van der Waals surface area (Å²) in [5, 5.41) is 10.6. The maximum atomic E-state index is 5.80. The van der Waals surface area contributed by atoms with Crippen molar-refractivity contribution < 1.29 is 0 Å². The van der Waals surface area contributed by atoms with Crippen molar-refractivity contribution in [3.8, 4) is 11.3 Å². The fourth-order valence-corrected chi connectivity index (χ4v) is 1.40. The number of rotatable bonds is 3. The lowest BCUT2D eigenvalue weighted by Crippen LogP contribution is -1.84. The predicted octanol–water partition coefficient (Wildman–Crippen LogP) is 3.29. The maximum absolute atomic E-state index is 5.80. The van der Waals surface area contributed by atoms with E-state index in [1.165, 1.54) is 0 Å². The summed E-state index contributed by atoms with van der Waals surface area (Å²) < 4.78 is 0. The minimum Gasteiger partial charge on any atom is -0.346 e. The summed E-state index contributed by atoms with van der Waals surface area (Å²) in [6.45, 7) is 3.57. The smallest absolute Gasteiger partial charge is 0.152 e. The van der Waals surface area contributed by atoms with Gasteiger partial charge in [-0.05, 0) is 23.9 Å². The summed E-state index contributed by atoms with van der Waals surface area (Å²) in [6, 6.07) is 9.47. The molecule has 3 nitrogen and oxygen atoms in total. The fourth-order valence-electron chi connectivity index (χ4n) is 1.28. The molecule has 2 aromatic rings. The third-order valence-corrected chi connectivity index (χ3v) is 2.24. The van der Waals surface area contributed by atoms with Crippen LogP contribution in [-0.4, -0.2) is 10.2 Å². The van der Waals surface area contributed by atoms with E-state index in [0.29, 0.717) is 0 Å². The van der Waals surface area contributed by atoms with Crippen molar-refractivity contribution in [2.45, 2.75) is 0 Å². The Bertz CT molecular complexity index is 459. The first-order valence-corrected chi connectivity index (χ1v) is 4.86. The van der Waals surface area contributed by atoms with Crippen molar-refractivity contribution in [1.29, 1.82) is 0 Å². The molecule has 76 valence electrons. The molecule has 1 heterocycles. The van der Waals surface area contributed by atoms with Gasteiger partial charge in [0.1, 0.15) is 0 Å². The number of H-pyrrole nitrogens is 1. The Hall–Kier alpha value is -1.74. The molecule has 0 atom stereocenters. The first-order valence-electron chi connectivity index (χ1n) is 4.48. The molecule has 4 heteroatoms. The van der Waals surface area contributed by atoms with Gasteiger partial charge in [-0.15, -0.1) is 0 Å². The van der Waals surface area contributed by atoms with Crippen molar-refractivity contribution in [3.63, 3.8) is 0 Å². The highest BCUT2D eigenvalue weighted by molar-refractivity contribution is 6.30. The molecule has 0 aliphatic carbocycles. The summed E-state index contributed by atoms with van der Waals surface area (Å²) >= 11 is 5.80. The minimum atomic E-state index is 0.725. The number of aromatic amines is 1. The van der Waals surface area contributed by atoms with Gasteiger partial charge in [-0.25, -0.2) is 0 Å². The van der Waals surface area contributed by atoms with Gasteiger partial charge in [0.2, 0.25) is 0 Å². The highest BCUT2D eigenvalue weighted by Gasteiger charge is 2.01. The van der Waals surface area contributed by atoms with Crippen molar-refractivity contribution >= 4 is 17.4 Å². The Labute approximate surface area is 92.8 Å². The number of halogens is 1. The lowest BCUT2D eigenvalue weighted by atomic mass is 10.1. The van der Waals surface area contributed by atoms with Crippen LogP contribution in [0.5, 0.6) is 0 Å². The molecule has 0 saturated heterocycles. The van der Waals surface area contributed by atoms with Gasteiger partial charge in [0.15, 0.2) is 5.82 Å². The third kappa shape index (κ3) is 2.19. The van der Waals surface area contributed by atoms with Crippen LogP contribution in [0.4, 0.5) is 5.82 Å². The topological polar surface area (TPSA) is 40.7 Å². The summed E-state index contributed by atoms with van der Waals surface area (Å²) in [4.78, 5) is 0. The minimum absolute atomic E-state index is 0.725. The van der Waals surface area contributed by atoms with Crippen LogP contribution in [0.3, 0.4) is 0 Å². The van der Waals surface area contributed by atoms with Crippen LogP contribution in [-0.2, 0) is 0 Å². The average molecular weight is 220 g/mol. The molecule has 0 unspecified atom stereocenters. The third-order valence-electron chi connectivity index (χ3n) is 1.98. The molecular formula is C11H10ClN3. The van der Waals surface area contributed by atoms with Gasteiger partial charge in [-0.1, -0.05) is 30.3 Å². The zero-order valence-corrected chi connectivity index (χ0v) is 8.75. The number of benzene rings is 1. The van der Waals surface area contributed by atoms with Crippen molar-refractivity contribution in [2.24, 2.45) is 0 Å². The number of anilines is 1. The maximum Gasteiger partial charge on any atom is 0.152 e.